The molecule has 0 amide bonds. The predicted octanol–water partition coefficient (Wildman–Crippen LogP) is 3.37. The number of benzene rings is 1. The summed E-state index contributed by atoms with van der Waals surface area (Å²) >= 11 is 6.05. The molecule has 102 valence electrons. The van der Waals surface area contributed by atoms with Gasteiger partial charge in [-0.1, -0.05) is 16.8 Å². The quantitative estimate of drug-likeness (QED) is 0.931. The van der Waals surface area contributed by atoms with Gasteiger partial charge in [0, 0.05) is 6.61 Å². The number of hydrogen-bond donors (Lipinski definition) is 1. The number of phenols is 1. The lowest BCUT2D eigenvalue weighted by Gasteiger charge is -2.19. The van der Waals surface area contributed by atoms with E-state index in [4.69, 9.17) is 20.9 Å². The van der Waals surface area contributed by atoms with Crippen LogP contribution >= 0.6 is 11.6 Å². The van der Waals surface area contributed by atoms with Crippen molar-refractivity contribution in [3.63, 3.8) is 0 Å². The molecule has 6 heteroatoms. The Kier molecular flexibility index (Phi) is 3.78. The predicted molar refractivity (Wildman–Crippen MR) is 71.1 cm³/mol. The van der Waals surface area contributed by atoms with Crippen LogP contribution in [0.5, 0.6) is 5.75 Å². The molecule has 1 N–H and O–H groups in total. The van der Waals surface area contributed by atoms with E-state index in [1.165, 1.54) is 12.1 Å². The molecule has 0 saturated carbocycles. The molecule has 1 heterocycles. The van der Waals surface area contributed by atoms with Crippen molar-refractivity contribution in [1.29, 1.82) is 0 Å². The smallest absolute Gasteiger partial charge is 0.259 e. The van der Waals surface area contributed by atoms with Gasteiger partial charge in [-0.3, -0.25) is 0 Å². The van der Waals surface area contributed by atoms with Gasteiger partial charge < -0.3 is 14.4 Å². The molecule has 19 heavy (non-hydrogen) atoms. The van der Waals surface area contributed by atoms with Crippen LogP contribution in [0.1, 0.15) is 26.6 Å². The third kappa shape index (κ3) is 2.88. The Bertz CT molecular complexity index is 581. The fraction of sp³-hybridized carbons (Fsp3) is 0.385. The van der Waals surface area contributed by atoms with Crippen LogP contribution < -0.4 is 0 Å². The first kappa shape index (κ1) is 13.8. The fourth-order valence-electron chi connectivity index (χ4n) is 1.68. The van der Waals surface area contributed by atoms with Crippen LogP contribution in [0.25, 0.3) is 11.5 Å². The molecule has 5 nitrogen and oxygen atoms in total. The monoisotopic (exact) mass is 282 g/mol. The Balaban J connectivity index is 2.38. The maximum absolute atomic E-state index is 9.48. The number of ether oxygens (including phenoxy) is 1. The number of nitrogens with zero attached hydrogens (tertiary/aromatic N) is 2. The lowest BCUT2D eigenvalue weighted by atomic mass is 10.1. The van der Waals surface area contributed by atoms with Crippen LogP contribution in [0.4, 0.5) is 0 Å². The molecule has 0 aliphatic rings. The summed E-state index contributed by atoms with van der Waals surface area (Å²) in [4.78, 5) is 4.27. The summed E-state index contributed by atoms with van der Waals surface area (Å²) < 4.78 is 10.7. The first-order valence-corrected chi connectivity index (χ1v) is 6.29. The number of hydrogen-bond acceptors (Lipinski definition) is 5. The van der Waals surface area contributed by atoms with E-state index in [9.17, 15) is 5.11 Å². The molecule has 0 radical (unpaired) electrons. The minimum absolute atomic E-state index is 0.0863. The summed E-state index contributed by atoms with van der Waals surface area (Å²) in [6.07, 6.45) is 0. The van der Waals surface area contributed by atoms with E-state index in [0.717, 1.165) is 0 Å². The van der Waals surface area contributed by atoms with Crippen LogP contribution in [0.3, 0.4) is 0 Å². The molecule has 0 atom stereocenters. The standard InChI is InChI=1S/C13H15ClN2O3/c1-4-18-13(2,3)12-15-11(19-16-12)9-7-8(17)5-6-10(9)14/h5-7,17H,4H2,1-3H3. The maximum atomic E-state index is 9.48. The molecule has 0 fully saturated rings. The molecule has 0 bridgehead atoms. The first-order chi connectivity index (χ1) is 8.94. The molecular weight excluding hydrogens is 268 g/mol. The average molecular weight is 283 g/mol. The number of aromatic nitrogens is 2. The van der Waals surface area contributed by atoms with Crippen molar-refractivity contribution in [2.45, 2.75) is 26.4 Å². The number of aromatic hydroxyl groups is 1. The topological polar surface area (TPSA) is 68.4 Å². The van der Waals surface area contributed by atoms with E-state index in [1.54, 1.807) is 6.07 Å². The van der Waals surface area contributed by atoms with Crippen molar-refractivity contribution in [2.75, 3.05) is 6.61 Å². The Morgan fingerprint density at radius 2 is 2.16 bits per heavy atom. The summed E-state index contributed by atoms with van der Waals surface area (Å²) in [6, 6.07) is 4.55. The van der Waals surface area contributed by atoms with Crippen LogP contribution in [-0.4, -0.2) is 21.9 Å². The molecule has 0 unspecified atom stereocenters. The molecule has 2 aromatic rings. The van der Waals surface area contributed by atoms with Crippen molar-refractivity contribution in [1.82, 2.24) is 10.1 Å². The van der Waals surface area contributed by atoms with E-state index in [0.29, 0.717) is 23.0 Å². The van der Waals surface area contributed by atoms with Crippen molar-refractivity contribution in [2.24, 2.45) is 0 Å². The second kappa shape index (κ2) is 5.19. The molecule has 2 rings (SSSR count). The average Bonchev–Trinajstić information content (AvgIpc) is 2.82. The van der Waals surface area contributed by atoms with Gasteiger partial charge in [0.05, 0.1) is 10.6 Å². The van der Waals surface area contributed by atoms with E-state index in [2.05, 4.69) is 10.1 Å². The van der Waals surface area contributed by atoms with E-state index < -0.39 is 5.60 Å². The van der Waals surface area contributed by atoms with Crippen molar-refractivity contribution < 1.29 is 14.4 Å². The highest BCUT2D eigenvalue weighted by Crippen LogP contribution is 2.31. The second-order valence-corrected chi connectivity index (χ2v) is 4.94. The van der Waals surface area contributed by atoms with Crippen LogP contribution in [0.2, 0.25) is 5.02 Å². The summed E-state index contributed by atoms with van der Waals surface area (Å²) in [7, 11) is 0. The molecule has 0 spiro atoms. The highest BCUT2D eigenvalue weighted by atomic mass is 35.5. The first-order valence-electron chi connectivity index (χ1n) is 5.91. The molecule has 1 aromatic heterocycles. The largest absolute Gasteiger partial charge is 0.508 e. The molecule has 0 saturated heterocycles. The third-order valence-corrected chi connectivity index (χ3v) is 2.98. The normalized spacial score (nSPS) is 11.8. The van der Waals surface area contributed by atoms with Crippen molar-refractivity contribution in [3.8, 4) is 17.2 Å². The number of rotatable bonds is 4. The lowest BCUT2D eigenvalue weighted by molar-refractivity contribution is -0.0221. The maximum Gasteiger partial charge on any atom is 0.259 e. The van der Waals surface area contributed by atoms with Gasteiger partial charge in [-0.15, -0.1) is 0 Å². The van der Waals surface area contributed by atoms with Gasteiger partial charge >= 0.3 is 0 Å². The molecule has 0 aliphatic heterocycles. The zero-order chi connectivity index (χ0) is 14.0. The molecular formula is C13H15ClN2O3. The SMILES string of the molecule is CCOC(C)(C)c1noc(-c2cc(O)ccc2Cl)n1. The second-order valence-electron chi connectivity index (χ2n) is 4.53. The summed E-state index contributed by atoms with van der Waals surface area (Å²) in [5.74, 6) is 0.774. The van der Waals surface area contributed by atoms with E-state index in [1.807, 2.05) is 20.8 Å². The lowest BCUT2D eigenvalue weighted by Crippen LogP contribution is -2.23. The van der Waals surface area contributed by atoms with Gasteiger partial charge in [0.25, 0.3) is 5.89 Å². The number of halogens is 1. The van der Waals surface area contributed by atoms with Crippen LogP contribution in [0.15, 0.2) is 22.7 Å². The summed E-state index contributed by atoms with van der Waals surface area (Å²) in [5.41, 5.74) is -0.146. The Morgan fingerprint density at radius 3 is 2.84 bits per heavy atom. The zero-order valence-electron chi connectivity index (χ0n) is 11.0. The van der Waals surface area contributed by atoms with Gasteiger partial charge in [0.15, 0.2) is 0 Å². The molecule has 1 aromatic carbocycles. The Labute approximate surface area is 116 Å². The third-order valence-electron chi connectivity index (χ3n) is 2.65. The van der Waals surface area contributed by atoms with Gasteiger partial charge in [0.2, 0.25) is 5.82 Å². The van der Waals surface area contributed by atoms with E-state index in [-0.39, 0.29) is 11.6 Å². The zero-order valence-corrected chi connectivity index (χ0v) is 11.7. The van der Waals surface area contributed by atoms with Gasteiger partial charge in [-0.2, -0.15) is 4.98 Å². The minimum Gasteiger partial charge on any atom is -0.508 e. The van der Waals surface area contributed by atoms with Gasteiger partial charge in [-0.25, -0.2) is 0 Å². The fourth-order valence-corrected chi connectivity index (χ4v) is 1.88. The van der Waals surface area contributed by atoms with Crippen molar-refractivity contribution in [3.05, 3.63) is 29.0 Å². The summed E-state index contributed by atoms with van der Waals surface area (Å²) in [5, 5.41) is 13.8. The minimum atomic E-state index is -0.639. The van der Waals surface area contributed by atoms with E-state index >= 15 is 0 Å². The molecule has 0 aliphatic carbocycles. The Morgan fingerprint density at radius 1 is 1.42 bits per heavy atom. The summed E-state index contributed by atoms with van der Waals surface area (Å²) in [6.45, 7) is 6.16. The Hall–Kier alpha value is -1.59. The van der Waals surface area contributed by atoms with Crippen molar-refractivity contribution >= 4 is 11.6 Å². The van der Waals surface area contributed by atoms with Crippen LogP contribution in [-0.2, 0) is 10.3 Å². The highest BCUT2D eigenvalue weighted by Gasteiger charge is 2.27. The van der Waals surface area contributed by atoms with Gasteiger partial charge in [-0.05, 0) is 39.0 Å². The van der Waals surface area contributed by atoms with Crippen LogP contribution in [0, 0.1) is 0 Å². The number of phenolic OH excluding ortho intramolecular Hbond substituents is 1. The highest BCUT2D eigenvalue weighted by molar-refractivity contribution is 6.33. The van der Waals surface area contributed by atoms with Gasteiger partial charge in [0.1, 0.15) is 11.4 Å².